The molecule has 0 radical (unpaired) electrons. The number of aliphatic imine (C=N–C) groups is 1. The van der Waals surface area contributed by atoms with Crippen molar-refractivity contribution in [1.82, 2.24) is 0 Å². The number of carbonyl (C=O) groups is 2. The van der Waals surface area contributed by atoms with Crippen LogP contribution in [0.25, 0.3) is 6.08 Å². The van der Waals surface area contributed by atoms with Crippen molar-refractivity contribution in [2.24, 2.45) is 16.3 Å². The summed E-state index contributed by atoms with van der Waals surface area (Å²) in [6, 6.07) is 17.9. The summed E-state index contributed by atoms with van der Waals surface area (Å²) in [5, 5.41) is 20.1. The summed E-state index contributed by atoms with van der Waals surface area (Å²) in [5.74, 6) is -3.37. The third-order valence-corrected chi connectivity index (χ3v) is 6.66. The van der Waals surface area contributed by atoms with Gasteiger partial charge in [0.1, 0.15) is 12.5 Å². The Morgan fingerprint density at radius 3 is 2.62 bits per heavy atom. The first-order valence-corrected chi connectivity index (χ1v) is 11.5. The number of aliphatic carboxylic acids is 1. The highest BCUT2D eigenvalue weighted by Gasteiger charge is 2.58. The Labute approximate surface area is 204 Å². The number of rotatable bonds is 8. The quantitative estimate of drug-likeness (QED) is 0.502. The van der Waals surface area contributed by atoms with Crippen molar-refractivity contribution >= 4 is 35.3 Å². The summed E-state index contributed by atoms with van der Waals surface area (Å²) in [6.45, 7) is 3.47. The molecular formula is C27H27ClN2O4. The predicted molar refractivity (Wildman–Crippen MR) is 132 cm³/mol. The molecule has 4 atom stereocenters. The molecule has 3 rings (SSSR count). The third-order valence-electron chi connectivity index (χ3n) is 6.42. The van der Waals surface area contributed by atoms with E-state index in [2.05, 4.69) is 4.99 Å². The van der Waals surface area contributed by atoms with Crippen molar-refractivity contribution in [1.29, 1.82) is 5.26 Å². The van der Waals surface area contributed by atoms with Crippen LogP contribution in [0.4, 0.5) is 0 Å². The van der Waals surface area contributed by atoms with Crippen LogP contribution in [0.15, 0.2) is 65.7 Å². The Morgan fingerprint density at radius 1 is 1.24 bits per heavy atom. The average molecular weight is 479 g/mol. The van der Waals surface area contributed by atoms with Gasteiger partial charge in [0, 0.05) is 23.1 Å². The van der Waals surface area contributed by atoms with Gasteiger partial charge in [0.15, 0.2) is 0 Å². The zero-order chi connectivity index (χ0) is 24.7. The maximum absolute atomic E-state index is 13.4. The normalized spacial score (nSPS) is 24.3. The molecule has 1 aliphatic heterocycles. The summed E-state index contributed by atoms with van der Waals surface area (Å²) in [5.41, 5.74) is 0.615. The monoisotopic (exact) mass is 478 g/mol. The first-order chi connectivity index (χ1) is 16.3. The molecule has 0 spiro atoms. The Morgan fingerprint density at radius 2 is 1.97 bits per heavy atom. The number of nitriles is 1. The maximum Gasteiger partial charge on any atom is 0.315 e. The maximum atomic E-state index is 13.4. The van der Waals surface area contributed by atoms with E-state index in [1.807, 2.05) is 42.5 Å². The molecular weight excluding hydrogens is 452 g/mol. The number of carbonyl (C=O) groups excluding carboxylic acids is 1. The van der Waals surface area contributed by atoms with Crippen molar-refractivity contribution < 1.29 is 19.4 Å². The van der Waals surface area contributed by atoms with Crippen LogP contribution in [-0.4, -0.2) is 35.4 Å². The second-order valence-electron chi connectivity index (χ2n) is 8.40. The topological polar surface area (TPSA) is 99.8 Å². The number of ether oxygens (including phenoxy) is 1. The summed E-state index contributed by atoms with van der Waals surface area (Å²) in [6.07, 6.45) is 3.65. The van der Waals surface area contributed by atoms with Gasteiger partial charge in [-0.3, -0.25) is 14.6 Å². The molecule has 1 aliphatic rings. The van der Waals surface area contributed by atoms with E-state index in [9.17, 15) is 20.0 Å². The smallest absolute Gasteiger partial charge is 0.315 e. The van der Waals surface area contributed by atoms with Gasteiger partial charge in [-0.15, -0.1) is 0 Å². The van der Waals surface area contributed by atoms with Gasteiger partial charge in [0.25, 0.3) is 0 Å². The van der Waals surface area contributed by atoms with Crippen LogP contribution in [0.2, 0.25) is 5.02 Å². The molecule has 4 unspecified atom stereocenters. The predicted octanol–water partition coefficient (Wildman–Crippen LogP) is 5.53. The molecule has 2 aromatic carbocycles. The van der Waals surface area contributed by atoms with E-state index < -0.39 is 35.2 Å². The van der Waals surface area contributed by atoms with E-state index in [1.165, 1.54) is 0 Å². The minimum atomic E-state index is -1.47. The lowest BCUT2D eigenvalue weighted by atomic mass is 9.58. The standard InChI is InChI=1S/C27H27ClN2O4/c1-18-23(25(31)34-16-7-11-20-9-4-3-5-10-20)24(21-12-6-13-22(28)17-21)27(26(32)33,14-8-15-29)19(2)30-18/h3-7,9-13,17,19,23-24H,8,14,16H2,1-2H3,(H,32,33). The van der Waals surface area contributed by atoms with Crippen molar-refractivity contribution in [2.45, 2.75) is 38.6 Å². The van der Waals surface area contributed by atoms with E-state index >= 15 is 0 Å². The zero-order valence-electron chi connectivity index (χ0n) is 19.1. The van der Waals surface area contributed by atoms with E-state index in [4.69, 9.17) is 16.3 Å². The van der Waals surface area contributed by atoms with Crippen molar-refractivity contribution in [3.8, 4) is 6.07 Å². The minimum absolute atomic E-state index is 0.0177. The van der Waals surface area contributed by atoms with E-state index in [-0.39, 0.29) is 19.4 Å². The van der Waals surface area contributed by atoms with Gasteiger partial charge in [-0.1, -0.05) is 60.1 Å². The number of halogens is 1. The molecule has 0 fully saturated rings. The molecule has 6 nitrogen and oxygen atoms in total. The highest BCUT2D eigenvalue weighted by Crippen LogP contribution is 2.52. The van der Waals surface area contributed by atoms with E-state index in [0.717, 1.165) is 5.56 Å². The van der Waals surface area contributed by atoms with Gasteiger partial charge in [0.05, 0.1) is 17.5 Å². The highest BCUT2D eigenvalue weighted by atomic mass is 35.5. The fourth-order valence-corrected chi connectivity index (χ4v) is 5.01. The minimum Gasteiger partial charge on any atom is -0.481 e. The zero-order valence-corrected chi connectivity index (χ0v) is 19.9. The third kappa shape index (κ3) is 5.21. The van der Waals surface area contributed by atoms with Gasteiger partial charge in [0.2, 0.25) is 0 Å². The largest absolute Gasteiger partial charge is 0.481 e. The Kier molecular flexibility index (Phi) is 8.25. The Balaban J connectivity index is 1.99. The first-order valence-electron chi connectivity index (χ1n) is 11.1. The van der Waals surface area contributed by atoms with Gasteiger partial charge < -0.3 is 9.84 Å². The van der Waals surface area contributed by atoms with Crippen molar-refractivity contribution in [2.75, 3.05) is 6.61 Å². The van der Waals surface area contributed by atoms with Crippen LogP contribution in [0.5, 0.6) is 0 Å². The lowest BCUT2D eigenvalue weighted by Crippen LogP contribution is -2.54. The lowest BCUT2D eigenvalue weighted by Gasteiger charge is -2.46. The number of hydrogen-bond donors (Lipinski definition) is 1. The molecule has 0 saturated heterocycles. The highest BCUT2D eigenvalue weighted by molar-refractivity contribution is 6.30. The van der Waals surface area contributed by atoms with Crippen LogP contribution < -0.4 is 0 Å². The molecule has 0 bridgehead atoms. The molecule has 176 valence electrons. The molecule has 2 aromatic rings. The fourth-order valence-electron chi connectivity index (χ4n) is 4.81. The fraction of sp³-hybridized carbons (Fsp3) is 0.333. The summed E-state index contributed by atoms with van der Waals surface area (Å²) < 4.78 is 5.57. The second-order valence-corrected chi connectivity index (χ2v) is 8.84. The summed E-state index contributed by atoms with van der Waals surface area (Å²) in [7, 11) is 0. The molecule has 1 heterocycles. The number of benzene rings is 2. The first kappa shape index (κ1) is 25.2. The molecule has 34 heavy (non-hydrogen) atoms. The Bertz CT molecular complexity index is 1140. The molecule has 7 heteroatoms. The number of carboxylic acid groups (broad SMARTS) is 1. The molecule has 0 amide bonds. The molecule has 0 aromatic heterocycles. The summed E-state index contributed by atoms with van der Waals surface area (Å²) >= 11 is 6.25. The van der Waals surface area contributed by atoms with Gasteiger partial charge in [-0.05, 0) is 49.6 Å². The number of esters is 1. The average Bonchev–Trinajstić information content (AvgIpc) is 2.81. The summed E-state index contributed by atoms with van der Waals surface area (Å²) in [4.78, 5) is 30.7. The van der Waals surface area contributed by atoms with Crippen LogP contribution in [0, 0.1) is 22.7 Å². The van der Waals surface area contributed by atoms with Crippen LogP contribution in [-0.2, 0) is 14.3 Å². The van der Waals surface area contributed by atoms with E-state index in [1.54, 1.807) is 44.2 Å². The lowest BCUT2D eigenvalue weighted by molar-refractivity contribution is -0.157. The van der Waals surface area contributed by atoms with Gasteiger partial charge in [-0.25, -0.2) is 0 Å². The second kappa shape index (κ2) is 11.1. The van der Waals surface area contributed by atoms with Crippen molar-refractivity contribution in [3.63, 3.8) is 0 Å². The van der Waals surface area contributed by atoms with Crippen LogP contribution >= 0.6 is 11.6 Å². The van der Waals surface area contributed by atoms with Crippen LogP contribution in [0.3, 0.4) is 0 Å². The Hall–Kier alpha value is -3.43. The SMILES string of the molecule is CC1=NC(C)C(CCC#N)(C(=O)O)C(c2cccc(Cl)c2)C1C(=O)OCC=Cc1ccccc1. The van der Waals surface area contributed by atoms with Crippen molar-refractivity contribution in [3.05, 3.63) is 76.8 Å². The number of nitrogens with zero attached hydrogens (tertiary/aromatic N) is 2. The number of hydrogen-bond acceptors (Lipinski definition) is 5. The number of carboxylic acids is 1. The van der Waals surface area contributed by atoms with E-state index in [0.29, 0.717) is 16.3 Å². The molecule has 0 saturated carbocycles. The molecule has 1 N–H and O–H groups in total. The van der Waals surface area contributed by atoms with Gasteiger partial charge >= 0.3 is 11.9 Å². The molecule has 0 aliphatic carbocycles. The van der Waals surface area contributed by atoms with Gasteiger partial charge in [-0.2, -0.15) is 5.26 Å². The van der Waals surface area contributed by atoms with Crippen LogP contribution in [0.1, 0.15) is 43.7 Å².